The summed E-state index contributed by atoms with van der Waals surface area (Å²) >= 11 is 5.79. The largest absolute Gasteiger partial charge is 0.340 e. The first-order valence-corrected chi connectivity index (χ1v) is 5.33. The molecule has 0 aliphatic carbocycles. The zero-order valence-corrected chi connectivity index (χ0v) is 9.86. The van der Waals surface area contributed by atoms with Crippen molar-refractivity contribution >= 4 is 23.1 Å². The molecule has 1 heterocycles. The average Bonchev–Trinajstić information content (AvgIpc) is 2.31. The summed E-state index contributed by atoms with van der Waals surface area (Å²) in [6.07, 6.45) is 0. The van der Waals surface area contributed by atoms with Crippen LogP contribution in [-0.2, 0) is 0 Å². The van der Waals surface area contributed by atoms with Gasteiger partial charge in [0.2, 0.25) is 0 Å². The molecular formula is C12H9ClN4. The highest BCUT2D eigenvalue weighted by Gasteiger charge is 2.01. The van der Waals surface area contributed by atoms with Gasteiger partial charge in [-0.15, -0.1) is 0 Å². The van der Waals surface area contributed by atoms with Gasteiger partial charge in [0.05, 0.1) is 0 Å². The Bertz CT molecular complexity index is 572. The second-order valence-corrected chi connectivity index (χ2v) is 3.87. The van der Waals surface area contributed by atoms with E-state index in [0.717, 1.165) is 5.69 Å². The number of hydrogen-bond acceptors (Lipinski definition) is 4. The molecule has 0 radical (unpaired) electrons. The Balaban J connectivity index is 2.27. The maximum Gasteiger partial charge on any atom is 0.146 e. The number of aromatic nitrogens is 2. The van der Waals surface area contributed by atoms with E-state index in [1.54, 1.807) is 25.1 Å². The Morgan fingerprint density at radius 1 is 1.24 bits per heavy atom. The van der Waals surface area contributed by atoms with Gasteiger partial charge in [-0.1, -0.05) is 11.6 Å². The number of halogens is 1. The van der Waals surface area contributed by atoms with Gasteiger partial charge < -0.3 is 5.32 Å². The molecule has 1 aromatic heterocycles. The molecule has 0 fully saturated rings. The van der Waals surface area contributed by atoms with E-state index in [-0.39, 0.29) is 0 Å². The van der Waals surface area contributed by atoms with E-state index in [4.69, 9.17) is 16.9 Å². The van der Waals surface area contributed by atoms with E-state index < -0.39 is 0 Å². The van der Waals surface area contributed by atoms with Crippen LogP contribution < -0.4 is 5.32 Å². The third-order valence-corrected chi connectivity index (χ3v) is 2.32. The summed E-state index contributed by atoms with van der Waals surface area (Å²) in [6.45, 7) is 1.74. The lowest BCUT2D eigenvalue weighted by Crippen LogP contribution is -1.98. The highest BCUT2D eigenvalue weighted by Crippen LogP contribution is 2.17. The fraction of sp³-hybridized carbons (Fsp3) is 0.0833. The molecule has 17 heavy (non-hydrogen) atoms. The topological polar surface area (TPSA) is 61.6 Å². The molecule has 84 valence electrons. The minimum Gasteiger partial charge on any atom is -0.340 e. The van der Waals surface area contributed by atoms with Gasteiger partial charge in [0.15, 0.2) is 0 Å². The van der Waals surface area contributed by atoms with Gasteiger partial charge in [0, 0.05) is 16.8 Å². The van der Waals surface area contributed by atoms with Crippen molar-refractivity contribution in [2.24, 2.45) is 0 Å². The van der Waals surface area contributed by atoms with Gasteiger partial charge in [0.1, 0.15) is 23.4 Å². The molecular weight excluding hydrogens is 236 g/mol. The monoisotopic (exact) mass is 244 g/mol. The maximum atomic E-state index is 8.80. The zero-order chi connectivity index (χ0) is 12.3. The van der Waals surface area contributed by atoms with Gasteiger partial charge in [-0.05, 0) is 31.2 Å². The van der Waals surface area contributed by atoms with Crippen LogP contribution in [0.5, 0.6) is 0 Å². The van der Waals surface area contributed by atoms with E-state index in [1.807, 2.05) is 18.2 Å². The van der Waals surface area contributed by atoms with Gasteiger partial charge >= 0.3 is 0 Å². The minimum absolute atomic E-state index is 0.342. The van der Waals surface area contributed by atoms with Crippen molar-refractivity contribution in [2.45, 2.75) is 6.92 Å². The molecule has 0 unspecified atom stereocenters. The molecule has 0 bridgehead atoms. The van der Waals surface area contributed by atoms with E-state index >= 15 is 0 Å². The van der Waals surface area contributed by atoms with Crippen LogP contribution in [0, 0.1) is 18.3 Å². The van der Waals surface area contributed by atoms with Crippen LogP contribution in [0.3, 0.4) is 0 Å². The van der Waals surface area contributed by atoms with Crippen LogP contribution in [0.25, 0.3) is 0 Å². The molecule has 0 aliphatic heterocycles. The highest BCUT2D eigenvalue weighted by molar-refractivity contribution is 6.30. The second-order valence-electron chi connectivity index (χ2n) is 3.43. The smallest absolute Gasteiger partial charge is 0.146 e. The minimum atomic E-state index is 0.342. The summed E-state index contributed by atoms with van der Waals surface area (Å²) in [6, 6.07) is 10.8. The third-order valence-electron chi connectivity index (χ3n) is 2.07. The van der Waals surface area contributed by atoms with E-state index in [2.05, 4.69) is 15.3 Å². The Hall–Kier alpha value is -2.12. The van der Waals surface area contributed by atoms with Crippen LogP contribution >= 0.6 is 11.6 Å². The number of benzene rings is 1. The molecule has 4 nitrogen and oxygen atoms in total. The van der Waals surface area contributed by atoms with Crippen LogP contribution in [0.1, 0.15) is 11.5 Å². The Labute approximate surface area is 104 Å². The molecule has 0 spiro atoms. The number of nitrogens with zero attached hydrogens (tertiary/aromatic N) is 3. The Morgan fingerprint density at radius 2 is 1.94 bits per heavy atom. The number of anilines is 2. The summed E-state index contributed by atoms with van der Waals surface area (Å²) in [5.41, 5.74) is 1.20. The number of nitriles is 1. The first-order valence-electron chi connectivity index (χ1n) is 4.96. The molecule has 0 amide bonds. The van der Waals surface area contributed by atoms with Crippen molar-refractivity contribution in [3.05, 3.63) is 46.9 Å². The summed E-state index contributed by atoms with van der Waals surface area (Å²) in [7, 11) is 0. The van der Waals surface area contributed by atoms with Gasteiger partial charge in [-0.25, -0.2) is 9.97 Å². The lowest BCUT2D eigenvalue weighted by Gasteiger charge is -2.06. The van der Waals surface area contributed by atoms with Crippen molar-refractivity contribution in [3.63, 3.8) is 0 Å². The first-order chi connectivity index (χ1) is 8.17. The number of nitrogens with one attached hydrogen (secondary N) is 1. The number of hydrogen-bond donors (Lipinski definition) is 1. The quantitative estimate of drug-likeness (QED) is 0.882. The van der Waals surface area contributed by atoms with Gasteiger partial charge in [-0.2, -0.15) is 5.26 Å². The Kier molecular flexibility index (Phi) is 3.22. The highest BCUT2D eigenvalue weighted by atomic mass is 35.5. The maximum absolute atomic E-state index is 8.80. The van der Waals surface area contributed by atoms with Crippen LogP contribution in [0.15, 0.2) is 30.3 Å². The molecule has 0 saturated heterocycles. The van der Waals surface area contributed by atoms with Crippen molar-refractivity contribution in [3.8, 4) is 6.07 Å². The molecule has 2 rings (SSSR count). The predicted molar refractivity (Wildman–Crippen MR) is 66.2 cm³/mol. The molecule has 2 aromatic rings. The average molecular weight is 245 g/mol. The molecule has 0 saturated carbocycles. The van der Waals surface area contributed by atoms with Crippen LogP contribution in [0.2, 0.25) is 5.02 Å². The molecule has 5 heteroatoms. The number of aryl methyl sites for hydroxylation is 1. The summed E-state index contributed by atoms with van der Waals surface area (Å²) < 4.78 is 0. The molecule has 0 aliphatic rings. The van der Waals surface area contributed by atoms with Gasteiger partial charge in [0.25, 0.3) is 0 Å². The lowest BCUT2D eigenvalue weighted by molar-refractivity contribution is 1.04. The Morgan fingerprint density at radius 3 is 2.59 bits per heavy atom. The molecule has 0 atom stereocenters. The van der Waals surface area contributed by atoms with E-state index in [9.17, 15) is 0 Å². The molecule has 1 aromatic carbocycles. The summed E-state index contributed by atoms with van der Waals surface area (Å²) in [4.78, 5) is 8.17. The van der Waals surface area contributed by atoms with Gasteiger partial charge in [-0.3, -0.25) is 0 Å². The summed E-state index contributed by atoms with van der Waals surface area (Å²) in [5, 5.41) is 12.6. The number of rotatable bonds is 2. The van der Waals surface area contributed by atoms with Crippen LogP contribution in [-0.4, -0.2) is 9.97 Å². The van der Waals surface area contributed by atoms with Crippen molar-refractivity contribution < 1.29 is 0 Å². The normalized spacial score (nSPS) is 9.71. The third kappa shape index (κ3) is 2.92. The van der Waals surface area contributed by atoms with Crippen molar-refractivity contribution in [1.82, 2.24) is 9.97 Å². The fourth-order valence-electron chi connectivity index (χ4n) is 1.37. The predicted octanol–water partition coefficient (Wildman–Crippen LogP) is 3.05. The van der Waals surface area contributed by atoms with Crippen LogP contribution in [0.4, 0.5) is 11.5 Å². The standard InChI is InChI=1S/C12H9ClN4/c1-8-15-11(7-14)6-12(16-8)17-10-4-2-9(13)3-5-10/h2-6H,1H3,(H,15,16,17). The van der Waals surface area contributed by atoms with Crippen molar-refractivity contribution in [2.75, 3.05) is 5.32 Å². The fourth-order valence-corrected chi connectivity index (χ4v) is 1.50. The molecule has 1 N–H and O–H groups in total. The van der Waals surface area contributed by atoms with E-state index in [0.29, 0.717) is 22.4 Å². The van der Waals surface area contributed by atoms with Crippen molar-refractivity contribution in [1.29, 1.82) is 5.26 Å². The second kappa shape index (κ2) is 4.81. The SMILES string of the molecule is Cc1nc(C#N)cc(Nc2ccc(Cl)cc2)n1. The van der Waals surface area contributed by atoms with E-state index in [1.165, 1.54) is 0 Å². The first kappa shape index (κ1) is 11.4. The zero-order valence-electron chi connectivity index (χ0n) is 9.11. The summed E-state index contributed by atoms with van der Waals surface area (Å²) in [5.74, 6) is 1.15. The lowest BCUT2D eigenvalue weighted by atomic mass is 10.3.